The number of aliphatic hydroxyl groups excluding tert-OH is 2. The van der Waals surface area contributed by atoms with Crippen molar-refractivity contribution in [1.82, 2.24) is 0 Å². The van der Waals surface area contributed by atoms with Crippen molar-refractivity contribution in [3.63, 3.8) is 0 Å². The average molecular weight is 341 g/mol. The maximum absolute atomic E-state index is 9.81. The van der Waals surface area contributed by atoms with Crippen LogP contribution >= 0.6 is 0 Å². The monoisotopic (exact) mass is 340 g/mol. The third-order valence-electron chi connectivity index (χ3n) is 7.34. The van der Waals surface area contributed by atoms with E-state index in [1.807, 2.05) is 0 Å². The zero-order valence-electron chi connectivity index (χ0n) is 15.2. The van der Waals surface area contributed by atoms with E-state index in [2.05, 4.69) is 0 Å². The summed E-state index contributed by atoms with van der Waals surface area (Å²) in [5.74, 6) is 4.41. The van der Waals surface area contributed by atoms with Gasteiger partial charge in [-0.1, -0.05) is 0 Å². The van der Waals surface area contributed by atoms with E-state index in [9.17, 15) is 10.2 Å². The van der Waals surface area contributed by atoms with Crippen molar-refractivity contribution in [2.75, 3.05) is 27.1 Å². The third kappa shape index (κ3) is 3.98. The fraction of sp³-hybridized carbons (Fsp3) is 1.00. The highest BCUT2D eigenvalue weighted by Gasteiger charge is 2.48. The normalized spacial score (nSPS) is 42.4. The van der Waals surface area contributed by atoms with Gasteiger partial charge in [0.1, 0.15) is 6.79 Å². The summed E-state index contributed by atoms with van der Waals surface area (Å²) in [6, 6.07) is 0. The molecule has 0 saturated heterocycles. The van der Waals surface area contributed by atoms with Crippen LogP contribution in [-0.2, 0) is 9.47 Å². The van der Waals surface area contributed by atoms with E-state index in [0.717, 1.165) is 36.5 Å². The van der Waals surface area contributed by atoms with Gasteiger partial charge in [0.15, 0.2) is 0 Å². The molecule has 24 heavy (non-hydrogen) atoms. The minimum absolute atomic E-state index is 0.288. The van der Waals surface area contributed by atoms with E-state index in [-0.39, 0.29) is 6.61 Å². The van der Waals surface area contributed by atoms with Crippen LogP contribution in [0.1, 0.15) is 57.8 Å². The van der Waals surface area contributed by atoms with E-state index < -0.39 is 0 Å². The molecule has 0 aliphatic heterocycles. The van der Waals surface area contributed by atoms with Gasteiger partial charge in [-0.2, -0.15) is 0 Å². The van der Waals surface area contributed by atoms with E-state index >= 15 is 0 Å². The fourth-order valence-corrected chi connectivity index (χ4v) is 6.33. The second-order valence-electron chi connectivity index (χ2n) is 8.39. The first-order chi connectivity index (χ1) is 11.8. The Morgan fingerprint density at radius 3 is 2.46 bits per heavy atom. The highest BCUT2D eigenvalue weighted by Crippen LogP contribution is 2.55. The molecule has 3 saturated carbocycles. The van der Waals surface area contributed by atoms with Crippen LogP contribution < -0.4 is 0 Å². The Balaban J connectivity index is 1.63. The highest BCUT2D eigenvalue weighted by atomic mass is 16.7. The minimum atomic E-state index is 0.288. The summed E-state index contributed by atoms with van der Waals surface area (Å²) >= 11 is 0. The van der Waals surface area contributed by atoms with Crippen molar-refractivity contribution in [1.29, 1.82) is 0 Å². The molecule has 3 fully saturated rings. The van der Waals surface area contributed by atoms with Gasteiger partial charge in [0.05, 0.1) is 6.10 Å². The summed E-state index contributed by atoms with van der Waals surface area (Å²) in [6.07, 6.45) is 11.2. The number of rotatable bonds is 7. The standard InChI is InChI=1S/C20H36O4/c1-23-13-24-16-6-9-18-14(11-16)4-7-19-17(3-2-10-21)15(12-22)5-8-20(18)19/h14-22H,2-13H2,1H3/t14-,15?,16+,17-,18+,19+,20-/m1/s1. The average Bonchev–Trinajstić information content (AvgIpc) is 2.63. The molecular formula is C20H36O4. The van der Waals surface area contributed by atoms with Crippen LogP contribution in [0.3, 0.4) is 0 Å². The first-order valence-corrected chi connectivity index (χ1v) is 10.1. The van der Waals surface area contributed by atoms with Crippen LogP contribution in [0.2, 0.25) is 0 Å². The van der Waals surface area contributed by atoms with E-state index in [1.54, 1.807) is 7.11 Å². The molecule has 0 radical (unpaired) electrons. The van der Waals surface area contributed by atoms with Gasteiger partial charge in [-0.3, -0.25) is 0 Å². The van der Waals surface area contributed by atoms with Gasteiger partial charge in [-0.05, 0) is 93.3 Å². The van der Waals surface area contributed by atoms with Crippen molar-refractivity contribution in [3.05, 3.63) is 0 Å². The Hall–Kier alpha value is -0.160. The van der Waals surface area contributed by atoms with E-state index in [0.29, 0.717) is 31.3 Å². The van der Waals surface area contributed by atoms with Gasteiger partial charge in [0.2, 0.25) is 0 Å². The number of fused-ring (bicyclic) bond motifs is 3. The minimum Gasteiger partial charge on any atom is -0.396 e. The van der Waals surface area contributed by atoms with Gasteiger partial charge in [0, 0.05) is 20.3 Å². The van der Waals surface area contributed by atoms with Crippen molar-refractivity contribution in [2.45, 2.75) is 63.9 Å². The van der Waals surface area contributed by atoms with E-state index in [4.69, 9.17) is 9.47 Å². The molecule has 7 atom stereocenters. The molecule has 140 valence electrons. The fourth-order valence-electron chi connectivity index (χ4n) is 6.33. The molecule has 1 unspecified atom stereocenters. The van der Waals surface area contributed by atoms with Gasteiger partial charge < -0.3 is 19.7 Å². The Morgan fingerprint density at radius 2 is 1.71 bits per heavy atom. The predicted molar refractivity (Wildman–Crippen MR) is 93.4 cm³/mol. The Morgan fingerprint density at radius 1 is 0.917 bits per heavy atom. The zero-order chi connectivity index (χ0) is 16.9. The largest absolute Gasteiger partial charge is 0.396 e. The SMILES string of the molecule is COCO[C@H]1CC[C@H]2[C@H](CC[C@@H]3[C@@H]2CCC(CO)[C@H]3CCCO)C1. The van der Waals surface area contributed by atoms with Gasteiger partial charge in [-0.15, -0.1) is 0 Å². The zero-order valence-corrected chi connectivity index (χ0v) is 15.2. The maximum Gasteiger partial charge on any atom is 0.146 e. The molecule has 0 bridgehead atoms. The lowest BCUT2D eigenvalue weighted by atomic mass is 9.52. The Bertz CT molecular complexity index is 375. The molecule has 3 aliphatic rings. The molecule has 4 nitrogen and oxygen atoms in total. The molecular weight excluding hydrogens is 304 g/mol. The summed E-state index contributed by atoms with van der Waals surface area (Å²) in [7, 11) is 1.70. The summed E-state index contributed by atoms with van der Waals surface area (Å²) in [4.78, 5) is 0. The molecule has 3 rings (SSSR count). The van der Waals surface area contributed by atoms with Gasteiger partial charge in [0.25, 0.3) is 0 Å². The lowest BCUT2D eigenvalue weighted by Crippen LogP contribution is -2.47. The number of aliphatic hydroxyl groups is 2. The van der Waals surface area contributed by atoms with Crippen LogP contribution in [0, 0.1) is 35.5 Å². The lowest BCUT2D eigenvalue weighted by molar-refractivity contribution is -0.116. The molecule has 0 aromatic carbocycles. The summed E-state index contributed by atoms with van der Waals surface area (Å²) in [5, 5.41) is 19.1. The first kappa shape index (κ1) is 18.6. The van der Waals surface area contributed by atoms with Crippen LogP contribution in [0.5, 0.6) is 0 Å². The molecule has 3 aliphatic carbocycles. The topological polar surface area (TPSA) is 58.9 Å². The lowest BCUT2D eigenvalue weighted by Gasteiger charge is -2.53. The van der Waals surface area contributed by atoms with Crippen molar-refractivity contribution in [3.8, 4) is 0 Å². The summed E-state index contributed by atoms with van der Waals surface area (Å²) in [6.45, 7) is 1.05. The molecule has 2 N–H and O–H groups in total. The summed E-state index contributed by atoms with van der Waals surface area (Å²) in [5.41, 5.74) is 0. The highest BCUT2D eigenvalue weighted by molar-refractivity contribution is 4.97. The second-order valence-corrected chi connectivity index (χ2v) is 8.39. The number of ether oxygens (including phenoxy) is 2. The van der Waals surface area contributed by atoms with Gasteiger partial charge >= 0.3 is 0 Å². The molecule has 0 aromatic heterocycles. The molecule has 0 aromatic rings. The molecule has 0 amide bonds. The third-order valence-corrected chi connectivity index (χ3v) is 7.34. The van der Waals surface area contributed by atoms with Crippen LogP contribution in [-0.4, -0.2) is 43.4 Å². The van der Waals surface area contributed by atoms with Crippen LogP contribution in [0.15, 0.2) is 0 Å². The van der Waals surface area contributed by atoms with Crippen LogP contribution in [0.25, 0.3) is 0 Å². The number of methoxy groups -OCH3 is 1. The molecule has 0 heterocycles. The smallest absolute Gasteiger partial charge is 0.146 e. The van der Waals surface area contributed by atoms with E-state index in [1.165, 1.54) is 44.9 Å². The first-order valence-electron chi connectivity index (χ1n) is 10.1. The van der Waals surface area contributed by atoms with Crippen molar-refractivity contribution >= 4 is 0 Å². The summed E-state index contributed by atoms with van der Waals surface area (Å²) < 4.78 is 10.9. The predicted octanol–water partition coefficient (Wildman–Crippen LogP) is 3.21. The quantitative estimate of drug-likeness (QED) is 0.699. The van der Waals surface area contributed by atoms with Gasteiger partial charge in [-0.25, -0.2) is 0 Å². The number of hydrogen-bond donors (Lipinski definition) is 2. The van der Waals surface area contributed by atoms with Crippen molar-refractivity contribution < 1.29 is 19.7 Å². The maximum atomic E-state index is 9.81. The number of hydrogen-bond acceptors (Lipinski definition) is 4. The Kier molecular flexibility index (Phi) is 6.97. The van der Waals surface area contributed by atoms with Crippen molar-refractivity contribution in [2.24, 2.45) is 35.5 Å². The Labute approximate surface area is 146 Å². The second kappa shape index (κ2) is 8.98. The molecule has 0 spiro atoms. The molecule has 4 heteroatoms. The van der Waals surface area contributed by atoms with Crippen LogP contribution in [0.4, 0.5) is 0 Å².